The number of hydrogen-bond donors (Lipinski definition) is 1. The summed E-state index contributed by atoms with van der Waals surface area (Å²) >= 11 is 0. The normalized spacial score (nSPS) is 10.6. The van der Waals surface area contributed by atoms with E-state index in [0.29, 0.717) is 11.0 Å². The molecule has 0 radical (unpaired) electrons. The Balaban J connectivity index is 2.53. The van der Waals surface area contributed by atoms with E-state index in [1.54, 1.807) is 6.07 Å². The minimum absolute atomic E-state index is 0.139. The van der Waals surface area contributed by atoms with E-state index in [2.05, 4.69) is 0 Å². The molecule has 14 heavy (non-hydrogen) atoms. The molecule has 0 amide bonds. The number of furan rings is 1. The molecule has 0 spiro atoms. The van der Waals surface area contributed by atoms with E-state index < -0.39 is 11.8 Å². The molecule has 0 bridgehead atoms. The minimum Gasteiger partial charge on any atom is -0.481 e. The van der Waals surface area contributed by atoms with Gasteiger partial charge in [-0.2, -0.15) is 0 Å². The summed E-state index contributed by atoms with van der Waals surface area (Å²) in [7, 11) is 0. The molecule has 2 aromatic rings. The third-order valence-corrected chi connectivity index (χ3v) is 1.96. The van der Waals surface area contributed by atoms with E-state index in [4.69, 9.17) is 9.52 Å². The minimum atomic E-state index is -1.06. The maximum atomic E-state index is 13.3. The summed E-state index contributed by atoms with van der Waals surface area (Å²) < 4.78 is 18.3. The summed E-state index contributed by atoms with van der Waals surface area (Å²) in [6, 6.07) is 4.32. The number of rotatable bonds is 2. The van der Waals surface area contributed by atoms with Crippen molar-refractivity contribution in [2.75, 3.05) is 0 Å². The Hall–Kier alpha value is -1.84. The van der Waals surface area contributed by atoms with Gasteiger partial charge in [-0.15, -0.1) is 0 Å². The Bertz CT molecular complexity index is 487. The lowest BCUT2D eigenvalue weighted by atomic mass is 10.1. The highest BCUT2D eigenvalue weighted by molar-refractivity contribution is 5.79. The average molecular weight is 194 g/mol. The van der Waals surface area contributed by atoms with Gasteiger partial charge in [-0.1, -0.05) is 0 Å². The summed E-state index contributed by atoms with van der Waals surface area (Å²) in [5, 5.41) is 9.15. The van der Waals surface area contributed by atoms with Gasteiger partial charge < -0.3 is 9.52 Å². The van der Waals surface area contributed by atoms with Gasteiger partial charge in [0, 0.05) is 10.9 Å². The predicted molar refractivity (Wildman–Crippen MR) is 47.5 cm³/mol. The van der Waals surface area contributed by atoms with Crippen molar-refractivity contribution in [2.45, 2.75) is 6.42 Å². The molecule has 0 aliphatic carbocycles. The van der Waals surface area contributed by atoms with E-state index in [1.165, 1.54) is 18.4 Å². The van der Waals surface area contributed by atoms with Crippen LogP contribution in [0.25, 0.3) is 11.0 Å². The lowest BCUT2D eigenvalue weighted by molar-refractivity contribution is -0.136. The first-order valence-corrected chi connectivity index (χ1v) is 4.04. The van der Waals surface area contributed by atoms with Crippen LogP contribution < -0.4 is 0 Å². The molecular weight excluding hydrogens is 187 g/mol. The van der Waals surface area contributed by atoms with Gasteiger partial charge in [0.1, 0.15) is 11.4 Å². The number of carboxylic acids is 1. The number of carboxylic acid groups (broad SMARTS) is 1. The molecule has 0 saturated carbocycles. The van der Waals surface area contributed by atoms with Gasteiger partial charge >= 0.3 is 5.97 Å². The zero-order chi connectivity index (χ0) is 10.1. The van der Waals surface area contributed by atoms with Crippen LogP contribution in [-0.2, 0) is 11.2 Å². The predicted octanol–water partition coefficient (Wildman–Crippen LogP) is 2.20. The maximum Gasteiger partial charge on any atom is 0.307 e. The highest BCUT2D eigenvalue weighted by Crippen LogP contribution is 2.20. The second-order valence-electron chi connectivity index (χ2n) is 2.97. The topological polar surface area (TPSA) is 50.4 Å². The van der Waals surface area contributed by atoms with E-state index >= 15 is 0 Å². The molecule has 0 aliphatic heterocycles. The van der Waals surface area contributed by atoms with Gasteiger partial charge in [-0.3, -0.25) is 4.79 Å². The number of hydrogen-bond acceptors (Lipinski definition) is 2. The monoisotopic (exact) mass is 194 g/mol. The first-order chi connectivity index (χ1) is 6.66. The standard InChI is InChI=1S/C10H7FO3/c11-8-3-6-1-2-14-9(6)4-7(8)5-10(12)13/h1-4H,5H2,(H,12,13). The molecule has 1 aromatic carbocycles. The van der Waals surface area contributed by atoms with Gasteiger partial charge in [0.15, 0.2) is 0 Å². The molecular formula is C10H7FO3. The van der Waals surface area contributed by atoms with Crippen LogP contribution in [0, 0.1) is 5.82 Å². The number of benzene rings is 1. The fourth-order valence-electron chi connectivity index (χ4n) is 1.32. The van der Waals surface area contributed by atoms with Crippen LogP contribution in [0.1, 0.15) is 5.56 Å². The maximum absolute atomic E-state index is 13.3. The van der Waals surface area contributed by atoms with Crippen LogP contribution in [0.2, 0.25) is 0 Å². The Morgan fingerprint density at radius 2 is 2.29 bits per heavy atom. The molecule has 0 unspecified atom stereocenters. The quantitative estimate of drug-likeness (QED) is 0.797. The van der Waals surface area contributed by atoms with Gasteiger partial charge in [0.05, 0.1) is 12.7 Å². The molecule has 72 valence electrons. The average Bonchev–Trinajstić information content (AvgIpc) is 2.51. The molecule has 0 fully saturated rings. The van der Waals surface area contributed by atoms with Crippen LogP contribution in [0.5, 0.6) is 0 Å². The zero-order valence-electron chi connectivity index (χ0n) is 7.16. The van der Waals surface area contributed by atoms with Crippen molar-refractivity contribution in [2.24, 2.45) is 0 Å². The van der Waals surface area contributed by atoms with Crippen molar-refractivity contribution in [3.05, 3.63) is 35.8 Å². The first kappa shape index (κ1) is 8.74. The number of aliphatic carboxylic acids is 1. The Morgan fingerprint density at radius 1 is 1.50 bits per heavy atom. The molecule has 3 nitrogen and oxygen atoms in total. The molecule has 1 heterocycles. The van der Waals surface area contributed by atoms with Gasteiger partial charge in [-0.25, -0.2) is 4.39 Å². The Morgan fingerprint density at radius 3 is 3.00 bits per heavy atom. The number of fused-ring (bicyclic) bond motifs is 1. The summed E-state index contributed by atoms with van der Waals surface area (Å²) in [6.45, 7) is 0. The highest BCUT2D eigenvalue weighted by Gasteiger charge is 2.09. The SMILES string of the molecule is O=C(O)Cc1cc2occc2cc1F. The van der Waals surface area contributed by atoms with E-state index in [9.17, 15) is 9.18 Å². The lowest BCUT2D eigenvalue weighted by Crippen LogP contribution is -2.02. The van der Waals surface area contributed by atoms with Crippen molar-refractivity contribution >= 4 is 16.9 Å². The first-order valence-electron chi connectivity index (χ1n) is 4.04. The molecule has 0 atom stereocenters. The van der Waals surface area contributed by atoms with Gasteiger partial charge in [0.2, 0.25) is 0 Å². The van der Waals surface area contributed by atoms with E-state index in [-0.39, 0.29) is 12.0 Å². The van der Waals surface area contributed by atoms with Crippen molar-refractivity contribution < 1.29 is 18.7 Å². The summed E-state index contributed by atoms with van der Waals surface area (Å²) in [5.74, 6) is -1.57. The third-order valence-electron chi connectivity index (χ3n) is 1.96. The zero-order valence-corrected chi connectivity index (χ0v) is 7.16. The van der Waals surface area contributed by atoms with Crippen LogP contribution in [0.15, 0.2) is 28.9 Å². The second-order valence-corrected chi connectivity index (χ2v) is 2.97. The fraction of sp³-hybridized carbons (Fsp3) is 0.100. The lowest BCUT2D eigenvalue weighted by Gasteiger charge is -1.98. The Kier molecular flexibility index (Phi) is 1.96. The summed E-state index contributed by atoms with van der Waals surface area (Å²) in [4.78, 5) is 10.4. The molecule has 1 N–H and O–H groups in total. The summed E-state index contributed by atoms with van der Waals surface area (Å²) in [6.07, 6.45) is 1.11. The molecule has 4 heteroatoms. The van der Waals surface area contributed by atoms with Crippen molar-refractivity contribution in [3.8, 4) is 0 Å². The van der Waals surface area contributed by atoms with Crippen LogP contribution in [0.4, 0.5) is 4.39 Å². The fourth-order valence-corrected chi connectivity index (χ4v) is 1.32. The highest BCUT2D eigenvalue weighted by atomic mass is 19.1. The smallest absolute Gasteiger partial charge is 0.307 e. The van der Waals surface area contributed by atoms with Crippen molar-refractivity contribution in [1.29, 1.82) is 0 Å². The molecule has 0 saturated heterocycles. The number of carbonyl (C=O) groups is 1. The molecule has 0 aliphatic rings. The third kappa shape index (κ3) is 1.46. The van der Waals surface area contributed by atoms with Crippen LogP contribution in [0.3, 0.4) is 0 Å². The van der Waals surface area contributed by atoms with Gasteiger partial charge in [0.25, 0.3) is 0 Å². The molecule has 2 rings (SSSR count). The summed E-state index contributed by atoms with van der Waals surface area (Å²) in [5.41, 5.74) is 0.641. The van der Waals surface area contributed by atoms with Crippen molar-refractivity contribution in [3.63, 3.8) is 0 Å². The van der Waals surface area contributed by atoms with Gasteiger partial charge in [-0.05, 0) is 18.2 Å². The second kappa shape index (κ2) is 3.14. The van der Waals surface area contributed by atoms with Crippen molar-refractivity contribution in [1.82, 2.24) is 0 Å². The Labute approximate surface area is 78.8 Å². The molecule has 1 aromatic heterocycles. The largest absolute Gasteiger partial charge is 0.481 e. The van der Waals surface area contributed by atoms with E-state index in [0.717, 1.165) is 0 Å². The van der Waals surface area contributed by atoms with Crippen LogP contribution >= 0.6 is 0 Å². The number of halogens is 1. The van der Waals surface area contributed by atoms with E-state index in [1.807, 2.05) is 0 Å². The van der Waals surface area contributed by atoms with Crippen LogP contribution in [-0.4, -0.2) is 11.1 Å².